The summed E-state index contributed by atoms with van der Waals surface area (Å²) in [5.74, 6) is 0.246. The van der Waals surface area contributed by atoms with E-state index in [4.69, 9.17) is 10.5 Å². The summed E-state index contributed by atoms with van der Waals surface area (Å²) in [5.41, 5.74) is 6.24. The van der Waals surface area contributed by atoms with Crippen molar-refractivity contribution in [1.29, 1.82) is 0 Å². The fourth-order valence-electron chi connectivity index (χ4n) is 1.27. The number of hydrogen-bond donors (Lipinski definition) is 3. The monoisotopic (exact) mass is 210 g/mol. The van der Waals surface area contributed by atoms with Crippen molar-refractivity contribution in [2.45, 2.75) is 0 Å². The Morgan fingerprint density at radius 2 is 2.33 bits per heavy atom. The zero-order chi connectivity index (χ0) is 11.3. The van der Waals surface area contributed by atoms with Gasteiger partial charge < -0.3 is 20.9 Å². The van der Waals surface area contributed by atoms with Gasteiger partial charge in [0, 0.05) is 18.7 Å². The molecule has 0 aromatic heterocycles. The Hall–Kier alpha value is -1.75. The molecule has 1 rings (SSSR count). The van der Waals surface area contributed by atoms with E-state index in [9.17, 15) is 9.90 Å². The van der Waals surface area contributed by atoms with Crippen molar-refractivity contribution in [2.75, 3.05) is 25.5 Å². The Labute approximate surface area is 87.9 Å². The van der Waals surface area contributed by atoms with E-state index in [-0.39, 0.29) is 11.5 Å². The Balaban J connectivity index is 3.14. The summed E-state index contributed by atoms with van der Waals surface area (Å²) < 4.78 is 5.00. The number of nitrogens with one attached hydrogen (secondary N) is 1. The van der Waals surface area contributed by atoms with Crippen molar-refractivity contribution in [3.05, 3.63) is 17.7 Å². The lowest BCUT2D eigenvalue weighted by Crippen LogP contribution is -2.14. The van der Waals surface area contributed by atoms with E-state index in [1.807, 2.05) is 0 Å². The molecule has 0 aliphatic rings. The first-order chi connectivity index (χ1) is 7.24. The number of phenols is 1. The Kier molecular flexibility index (Phi) is 3.93. The zero-order valence-corrected chi connectivity index (χ0v) is 8.49. The lowest BCUT2D eigenvalue weighted by Gasteiger charge is -2.13. The Morgan fingerprint density at radius 3 is 2.87 bits per heavy atom. The van der Waals surface area contributed by atoms with Crippen LogP contribution in [-0.4, -0.2) is 31.6 Å². The van der Waals surface area contributed by atoms with Gasteiger partial charge in [-0.05, 0) is 12.1 Å². The van der Waals surface area contributed by atoms with Crippen molar-refractivity contribution < 1.29 is 14.6 Å². The molecule has 0 heterocycles. The highest BCUT2D eigenvalue weighted by Crippen LogP contribution is 2.36. The molecule has 0 atom stereocenters. The number of phenolic OH excluding ortho intramolecular Hbond substituents is 1. The van der Waals surface area contributed by atoms with E-state index in [1.165, 1.54) is 19.2 Å². The smallest absolute Gasteiger partial charge is 0.184 e. The molecule has 0 amide bonds. The average Bonchev–Trinajstić information content (AvgIpc) is 2.26. The SMILES string of the molecule is COc1c(O)ccc(C=O)c1NCCN. The molecule has 0 unspecified atom stereocenters. The van der Waals surface area contributed by atoms with Crippen LogP contribution in [0.15, 0.2) is 12.1 Å². The van der Waals surface area contributed by atoms with Crippen LogP contribution < -0.4 is 15.8 Å². The van der Waals surface area contributed by atoms with Crippen LogP contribution in [0.4, 0.5) is 5.69 Å². The molecule has 0 aliphatic carbocycles. The molecule has 0 radical (unpaired) electrons. The minimum absolute atomic E-state index is 0.0115. The molecular formula is C10H14N2O3. The van der Waals surface area contributed by atoms with Gasteiger partial charge in [0.15, 0.2) is 17.8 Å². The molecule has 82 valence electrons. The van der Waals surface area contributed by atoms with Crippen LogP contribution >= 0.6 is 0 Å². The second kappa shape index (κ2) is 5.21. The van der Waals surface area contributed by atoms with Crippen molar-refractivity contribution in [3.8, 4) is 11.5 Å². The number of ether oxygens (including phenoxy) is 1. The number of anilines is 1. The normalized spacial score (nSPS) is 9.73. The molecule has 5 nitrogen and oxygen atoms in total. The largest absolute Gasteiger partial charge is 0.504 e. The van der Waals surface area contributed by atoms with Crippen molar-refractivity contribution in [3.63, 3.8) is 0 Å². The Morgan fingerprint density at radius 1 is 1.60 bits per heavy atom. The first-order valence-corrected chi connectivity index (χ1v) is 4.53. The second-order valence-corrected chi connectivity index (χ2v) is 2.92. The number of rotatable bonds is 5. The van der Waals surface area contributed by atoms with Crippen LogP contribution in [0.25, 0.3) is 0 Å². The quantitative estimate of drug-likeness (QED) is 0.619. The standard InChI is InChI=1S/C10H14N2O3/c1-15-10-8(14)3-2-7(6-13)9(10)12-5-4-11/h2-3,6,12,14H,4-5,11H2,1H3. The number of carbonyl (C=O) groups excluding carboxylic acids is 1. The first-order valence-electron chi connectivity index (χ1n) is 4.53. The summed E-state index contributed by atoms with van der Waals surface area (Å²) in [6.45, 7) is 0.928. The zero-order valence-electron chi connectivity index (χ0n) is 8.49. The Bertz CT molecular complexity index is 353. The highest BCUT2D eigenvalue weighted by Gasteiger charge is 2.12. The third-order valence-electron chi connectivity index (χ3n) is 1.95. The van der Waals surface area contributed by atoms with E-state index in [0.717, 1.165) is 0 Å². The van der Waals surface area contributed by atoms with Crippen LogP contribution in [0.3, 0.4) is 0 Å². The van der Waals surface area contributed by atoms with E-state index in [1.54, 1.807) is 0 Å². The van der Waals surface area contributed by atoms with Gasteiger partial charge in [-0.3, -0.25) is 4.79 Å². The average molecular weight is 210 g/mol. The molecule has 0 saturated carbocycles. The summed E-state index contributed by atoms with van der Waals surface area (Å²) in [5, 5.41) is 12.4. The predicted molar refractivity (Wildman–Crippen MR) is 57.6 cm³/mol. The molecule has 0 fully saturated rings. The second-order valence-electron chi connectivity index (χ2n) is 2.92. The van der Waals surface area contributed by atoms with E-state index in [0.29, 0.717) is 30.6 Å². The molecule has 4 N–H and O–H groups in total. The topological polar surface area (TPSA) is 84.6 Å². The highest BCUT2D eigenvalue weighted by molar-refractivity contribution is 5.88. The van der Waals surface area contributed by atoms with Gasteiger partial charge in [0.2, 0.25) is 0 Å². The van der Waals surface area contributed by atoms with Gasteiger partial charge in [-0.25, -0.2) is 0 Å². The molecule has 1 aromatic carbocycles. The first kappa shape index (κ1) is 11.3. The fourth-order valence-corrected chi connectivity index (χ4v) is 1.27. The highest BCUT2D eigenvalue weighted by atomic mass is 16.5. The molecule has 1 aromatic rings. The van der Waals surface area contributed by atoms with Crippen LogP contribution in [0, 0.1) is 0 Å². The molecular weight excluding hydrogens is 196 g/mol. The van der Waals surface area contributed by atoms with Gasteiger partial charge in [-0.2, -0.15) is 0 Å². The maximum absolute atomic E-state index is 10.8. The van der Waals surface area contributed by atoms with Crippen LogP contribution in [-0.2, 0) is 0 Å². The summed E-state index contributed by atoms with van der Waals surface area (Å²) in [6, 6.07) is 2.93. The number of nitrogens with two attached hydrogens (primary N) is 1. The summed E-state index contributed by atoms with van der Waals surface area (Å²) in [6.07, 6.45) is 0.695. The number of carbonyl (C=O) groups is 1. The van der Waals surface area contributed by atoms with E-state index >= 15 is 0 Å². The maximum atomic E-state index is 10.8. The molecule has 0 spiro atoms. The number of aldehydes is 1. The number of methoxy groups -OCH3 is 1. The minimum atomic E-state index is -0.0115. The maximum Gasteiger partial charge on any atom is 0.184 e. The number of hydrogen-bond acceptors (Lipinski definition) is 5. The molecule has 15 heavy (non-hydrogen) atoms. The van der Waals surface area contributed by atoms with Gasteiger partial charge in [-0.1, -0.05) is 0 Å². The summed E-state index contributed by atoms with van der Waals surface area (Å²) in [4.78, 5) is 10.8. The summed E-state index contributed by atoms with van der Waals surface area (Å²) >= 11 is 0. The van der Waals surface area contributed by atoms with Gasteiger partial charge in [0.25, 0.3) is 0 Å². The van der Waals surface area contributed by atoms with Gasteiger partial charge in [-0.15, -0.1) is 0 Å². The van der Waals surface area contributed by atoms with Crippen molar-refractivity contribution in [1.82, 2.24) is 0 Å². The molecule has 0 saturated heterocycles. The molecule has 5 heteroatoms. The van der Waals surface area contributed by atoms with E-state index in [2.05, 4.69) is 5.32 Å². The van der Waals surface area contributed by atoms with Gasteiger partial charge in [0.05, 0.1) is 12.8 Å². The molecule has 0 bridgehead atoms. The molecule has 0 aliphatic heterocycles. The van der Waals surface area contributed by atoms with Crippen molar-refractivity contribution >= 4 is 12.0 Å². The predicted octanol–water partition coefficient (Wildman–Crippen LogP) is 0.584. The fraction of sp³-hybridized carbons (Fsp3) is 0.300. The van der Waals surface area contributed by atoms with Gasteiger partial charge in [0.1, 0.15) is 0 Å². The third-order valence-corrected chi connectivity index (χ3v) is 1.95. The van der Waals surface area contributed by atoms with Crippen LogP contribution in [0.2, 0.25) is 0 Å². The lowest BCUT2D eigenvalue weighted by atomic mass is 10.1. The van der Waals surface area contributed by atoms with Crippen LogP contribution in [0.5, 0.6) is 11.5 Å². The third kappa shape index (κ3) is 2.38. The summed E-state index contributed by atoms with van der Waals surface area (Å²) in [7, 11) is 1.43. The van der Waals surface area contributed by atoms with Gasteiger partial charge >= 0.3 is 0 Å². The van der Waals surface area contributed by atoms with Crippen LogP contribution in [0.1, 0.15) is 10.4 Å². The number of benzene rings is 1. The van der Waals surface area contributed by atoms with Crippen molar-refractivity contribution in [2.24, 2.45) is 5.73 Å². The lowest BCUT2D eigenvalue weighted by molar-refractivity contribution is 0.112. The van der Waals surface area contributed by atoms with E-state index < -0.39 is 0 Å². The minimum Gasteiger partial charge on any atom is -0.504 e. The number of aromatic hydroxyl groups is 1.